The first-order chi connectivity index (χ1) is 8.69. The molecule has 2 aromatic heterocycles. The number of nitrogen functional groups attached to an aromatic ring is 1. The molecule has 1 amide bonds. The van der Waals surface area contributed by atoms with Gasteiger partial charge in [-0.2, -0.15) is 0 Å². The molecule has 0 unspecified atom stereocenters. The zero-order valence-corrected chi connectivity index (χ0v) is 10.8. The first-order valence-electron chi connectivity index (χ1n) is 5.45. The Labute approximate surface area is 109 Å². The number of hydrogen-bond acceptors (Lipinski definition) is 5. The van der Waals surface area contributed by atoms with Crippen molar-refractivity contribution >= 4 is 22.9 Å². The minimum absolute atomic E-state index is 0.190. The first-order valence-corrected chi connectivity index (χ1v) is 6.27. The van der Waals surface area contributed by atoms with Crippen molar-refractivity contribution in [2.24, 2.45) is 5.84 Å². The van der Waals surface area contributed by atoms with E-state index in [0.29, 0.717) is 17.9 Å². The molecule has 0 saturated heterocycles. The third-order valence-electron chi connectivity index (χ3n) is 2.38. The first kappa shape index (κ1) is 12.5. The van der Waals surface area contributed by atoms with Crippen molar-refractivity contribution < 1.29 is 4.79 Å². The minimum atomic E-state index is -0.190. The number of anilines is 1. The highest BCUT2D eigenvalue weighted by atomic mass is 32.1. The van der Waals surface area contributed by atoms with Crippen LogP contribution in [0.5, 0.6) is 0 Å². The molecular formula is C12H14N4OS. The Morgan fingerprint density at radius 1 is 1.39 bits per heavy atom. The standard InChI is InChI=1S/C12H14N4OS/c1-8-2-4-10(18-8)7-15-12(17)11-5-3-9(16-13)6-14-11/h2-6,16H,7,13H2,1H3,(H,15,17). The van der Waals surface area contributed by atoms with Crippen molar-refractivity contribution in [1.29, 1.82) is 0 Å². The lowest BCUT2D eigenvalue weighted by Gasteiger charge is -2.04. The number of thiophene rings is 1. The normalized spacial score (nSPS) is 10.1. The van der Waals surface area contributed by atoms with Gasteiger partial charge in [-0.3, -0.25) is 10.6 Å². The van der Waals surface area contributed by atoms with E-state index in [1.54, 1.807) is 23.5 Å². The second-order valence-corrected chi connectivity index (χ2v) is 5.14. The maximum atomic E-state index is 11.8. The second kappa shape index (κ2) is 5.61. The van der Waals surface area contributed by atoms with Crippen molar-refractivity contribution in [3.05, 3.63) is 45.9 Å². The van der Waals surface area contributed by atoms with Gasteiger partial charge in [-0.05, 0) is 31.2 Å². The molecule has 4 N–H and O–H groups in total. The third kappa shape index (κ3) is 3.06. The fourth-order valence-electron chi connectivity index (χ4n) is 1.45. The predicted molar refractivity (Wildman–Crippen MR) is 72.3 cm³/mol. The summed E-state index contributed by atoms with van der Waals surface area (Å²) in [5.74, 6) is 5.03. The van der Waals surface area contributed by atoms with Gasteiger partial charge in [0, 0.05) is 9.75 Å². The van der Waals surface area contributed by atoms with Gasteiger partial charge in [-0.15, -0.1) is 11.3 Å². The number of amides is 1. The molecule has 6 heteroatoms. The van der Waals surface area contributed by atoms with E-state index < -0.39 is 0 Å². The highest BCUT2D eigenvalue weighted by Crippen LogP contribution is 2.14. The SMILES string of the molecule is Cc1ccc(CNC(=O)c2ccc(NN)cn2)s1. The second-order valence-electron chi connectivity index (χ2n) is 3.77. The summed E-state index contributed by atoms with van der Waals surface area (Å²) in [6.45, 7) is 2.56. The van der Waals surface area contributed by atoms with E-state index in [2.05, 4.69) is 15.7 Å². The van der Waals surface area contributed by atoms with Gasteiger partial charge in [-0.1, -0.05) is 0 Å². The molecule has 2 aromatic rings. The summed E-state index contributed by atoms with van der Waals surface area (Å²) in [6, 6.07) is 7.38. The average Bonchev–Trinajstić information content (AvgIpc) is 2.82. The number of hydrazine groups is 1. The predicted octanol–water partition coefficient (Wildman–Crippen LogP) is 1.67. The van der Waals surface area contributed by atoms with E-state index in [1.165, 1.54) is 11.1 Å². The molecule has 2 rings (SSSR count). The van der Waals surface area contributed by atoms with Crippen LogP contribution in [0.25, 0.3) is 0 Å². The smallest absolute Gasteiger partial charge is 0.270 e. The summed E-state index contributed by atoms with van der Waals surface area (Å²) in [7, 11) is 0. The topological polar surface area (TPSA) is 80.0 Å². The number of nitrogens with zero attached hydrogens (tertiary/aromatic N) is 1. The molecule has 94 valence electrons. The molecular weight excluding hydrogens is 248 g/mol. The van der Waals surface area contributed by atoms with E-state index in [-0.39, 0.29) is 5.91 Å². The monoisotopic (exact) mass is 262 g/mol. The molecule has 0 aliphatic carbocycles. The molecule has 0 fully saturated rings. The van der Waals surface area contributed by atoms with E-state index in [4.69, 9.17) is 5.84 Å². The third-order valence-corrected chi connectivity index (χ3v) is 3.38. The molecule has 0 spiro atoms. The van der Waals surface area contributed by atoms with Crippen LogP contribution in [-0.4, -0.2) is 10.9 Å². The average molecular weight is 262 g/mol. The maximum Gasteiger partial charge on any atom is 0.270 e. The Morgan fingerprint density at radius 3 is 2.78 bits per heavy atom. The zero-order chi connectivity index (χ0) is 13.0. The Hall–Kier alpha value is -1.92. The lowest BCUT2D eigenvalue weighted by molar-refractivity contribution is 0.0946. The number of hydrogen-bond donors (Lipinski definition) is 3. The van der Waals surface area contributed by atoms with Crippen LogP contribution in [0, 0.1) is 6.92 Å². The number of nitrogens with one attached hydrogen (secondary N) is 2. The summed E-state index contributed by atoms with van der Waals surface area (Å²) in [6.07, 6.45) is 1.52. The number of nitrogens with two attached hydrogens (primary N) is 1. The van der Waals surface area contributed by atoms with Crippen molar-refractivity contribution in [1.82, 2.24) is 10.3 Å². The van der Waals surface area contributed by atoms with Gasteiger partial charge in [0.15, 0.2) is 0 Å². The number of aromatic nitrogens is 1. The van der Waals surface area contributed by atoms with Gasteiger partial charge in [0.05, 0.1) is 18.4 Å². The highest BCUT2D eigenvalue weighted by Gasteiger charge is 2.07. The summed E-state index contributed by atoms with van der Waals surface area (Å²) in [5.41, 5.74) is 3.51. The van der Waals surface area contributed by atoms with Crippen LogP contribution < -0.4 is 16.6 Å². The summed E-state index contributed by atoms with van der Waals surface area (Å²) in [5, 5.41) is 2.82. The number of carbonyl (C=O) groups excluding carboxylic acids is 1. The van der Waals surface area contributed by atoms with E-state index in [9.17, 15) is 4.79 Å². The lowest BCUT2D eigenvalue weighted by Crippen LogP contribution is -2.23. The number of rotatable bonds is 4. The van der Waals surface area contributed by atoms with Crippen molar-refractivity contribution in [3.63, 3.8) is 0 Å². The molecule has 5 nitrogen and oxygen atoms in total. The largest absolute Gasteiger partial charge is 0.346 e. The van der Waals surface area contributed by atoms with Crippen LogP contribution >= 0.6 is 11.3 Å². The van der Waals surface area contributed by atoms with E-state index in [1.807, 2.05) is 19.1 Å². The Balaban J connectivity index is 1.94. The van der Waals surface area contributed by atoms with Gasteiger partial charge in [0.1, 0.15) is 5.69 Å². The van der Waals surface area contributed by atoms with Crippen LogP contribution in [0.1, 0.15) is 20.2 Å². The number of aryl methyl sites for hydroxylation is 1. The quantitative estimate of drug-likeness (QED) is 0.578. The molecule has 2 heterocycles. The Bertz CT molecular complexity index is 535. The zero-order valence-electron chi connectivity index (χ0n) is 9.93. The van der Waals surface area contributed by atoms with Crippen LogP contribution in [0.3, 0.4) is 0 Å². The van der Waals surface area contributed by atoms with Gasteiger partial charge in [0.25, 0.3) is 5.91 Å². The molecule has 0 bridgehead atoms. The van der Waals surface area contributed by atoms with Crippen molar-refractivity contribution in [2.75, 3.05) is 5.43 Å². The number of pyridine rings is 1. The summed E-state index contributed by atoms with van der Waals surface area (Å²) >= 11 is 1.67. The molecule has 0 aliphatic heterocycles. The van der Waals surface area contributed by atoms with Crippen LogP contribution in [0.15, 0.2) is 30.5 Å². The van der Waals surface area contributed by atoms with Crippen molar-refractivity contribution in [2.45, 2.75) is 13.5 Å². The highest BCUT2D eigenvalue weighted by molar-refractivity contribution is 7.11. The van der Waals surface area contributed by atoms with Gasteiger partial charge in [0.2, 0.25) is 0 Å². The van der Waals surface area contributed by atoms with E-state index >= 15 is 0 Å². The van der Waals surface area contributed by atoms with Gasteiger partial charge < -0.3 is 10.7 Å². The Kier molecular flexibility index (Phi) is 3.91. The Morgan fingerprint density at radius 2 is 2.22 bits per heavy atom. The molecule has 0 atom stereocenters. The molecule has 0 aliphatic rings. The molecule has 0 aromatic carbocycles. The maximum absolute atomic E-state index is 11.8. The minimum Gasteiger partial charge on any atom is -0.346 e. The molecule has 18 heavy (non-hydrogen) atoms. The lowest BCUT2D eigenvalue weighted by atomic mass is 10.3. The van der Waals surface area contributed by atoms with E-state index in [0.717, 1.165) is 4.88 Å². The number of carbonyl (C=O) groups is 1. The summed E-state index contributed by atoms with van der Waals surface area (Å²) < 4.78 is 0. The fraction of sp³-hybridized carbons (Fsp3) is 0.167. The van der Waals surface area contributed by atoms with Gasteiger partial charge >= 0.3 is 0 Å². The fourth-order valence-corrected chi connectivity index (χ4v) is 2.28. The molecule has 0 saturated carbocycles. The van der Waals surface area contributed by atoms with Crippen LogP contribution in [-0.2, 0) is 6.54 Å². The van der Waals surface area contributed by atoms with Gasteiger partial charge in [-0.25, -0.2) is 4.98 Å². The van der Waals surface area contributed by atoms with Crippen LogP contribution in [0.2, 0.25) is 0 Å². The van der Waals surface area contributed by atoms with Crippen LogP contribution in [0.4, 0.5) is 5.69 Å². The molecule has 0 radical (unpaired) electrons. The summed E-state index contributed by atoms with van der Waals surface area (Å²) in [4.78, 5) is 18.2. The van der Waals surface area contributed by atoms with Crippen molar-refractivity contribution in [3.8, 4) is 0 Å².